The second kappa shape index (κ2) is 14.1. The van der Waals surface area contributed by atoms with E-state index in [0.717, 1.165) is 0 Å². The minimum Gasteiger partial charge on any atom is -0.505 e. The summed E-state index contributed by atoms with van der Waals surface area (Å²) >= 11 is 0. The fourth-order valence-corrected chi connectivity index (χ4v) is 8.88. The number of ketones is 4. The molecule has 0 bridgehead atoms. The first-order valence-corrected chi connectivity index (χ1v) is 17.5. The maximum absolute atomic E-state index is 14.4. The summed E-state index contributed by atoms with van der Waals surface area (Å²) in [5.74, 6) is -11.9. The number of aromatic hydroxyl groups is 1. The first kappa shape index (κ1) is 38.3. The number of amides is 1. The van der Waals surface area contributed by atoms with Crippen molar-refractivity contribution in [2.24, 2.45) is 35.3 Å². The Hall–Kier alpha value is -4.45. The first-order chi connectivity index (χ1) is 24.9. The Kier molecular flexibility index (Phi) is 10.2. The number of fused-ring (bicyclic) bond motifs is 3. The highest BCUT2D eigenvalue weighted by molar-refractivity contribution is 6.32. The van der Waals surface area contributed by atoms with Gasteiger partial charge in [0.2, 0.25) is 5.91 Å². The molecular weight excluding hydrogens is 692 g/mol. The van der Waals surface area contributed by atoms with Gasteiger partial charge in [0.1, 0.15) is 29.8 Å². The van der Waals surface area contributed by atoms with E-state index in [-0.39, 0.29) is 37.1 Å². The van der Waals surface area contributed by atoms with E-state index in [2.05, 4.69) is 5.32 Å². The van der Waals surface area contributed by atoms with Crippen LogP contribution in [0.4, 0.5) is 11.4 Å². The van der Waals surface area contributed by atoms with Crippen LogP contribution in [0.3, 0.4) is 0 Å². The van der Waals surface area contributed by atoms with Gasteiger partial charge >= 0.3 is 0 Å². The number of phenolic OH excluding ortho intramolecular Hbond substituents is 1. The molecule has 53 heavy (non-hydrogen) atoms. The Balaban J connectivity index is 1.33. The van der Waals surface area contributed by atoms with E-state index in [1.54, 1.807) is 49.3 Å². The average molecular weight is 739 g/mol. The number of likely N-dealkylation sites (N-methyl/N-ethyl adjacent to an activating group) is 1. The fraction of sp³-hybridized carbons (Fsp3) is 0.541. The molecule has 11 atom stereocenters. The summed E-state index contributed by atoms with van der Waals surface area (Å²) in [6.07, 6.45) is -5.17. The molecule has 286 valence electrons. The number of benzene rings is 2. The lowest BCUT2D eigenvalue weighted by Gasteiger charge is -2.52. The van der Waals surface area contributed by atoms with Crippen molar-refractivity contribution in [1.82, 2.24) is 4.90 Å². The lowest BCUT2D eigenvalue weighted by Crippen LogP contribution is -2.74. The van der Waals surface area contributed by atoms with Crippen molar-refractivity contribution in [3.63, 3.8) is 0 Å². The number of carbonyl (C=O) groups excluding carboxylic acids is 5. The van der Waals surface area contributed by atoms with E-state index in [1.807, 2.05) is 0 Å². The number of anilines is 2. The monoisotopic (exact) mass is 738 g/mol. The van der Waals surface area contributed by atoms with Crippen LogP contribution in [0.15, 0.2) is 30.3 Å². The molecule has 2 aromatic carbocycles. The summed E-state index contributed by atoms with van der Waals surface area (Å²) in [7, 11) is 6.53. The van der Waals surface area contributed by atoms with Crippen molar-refractivity contribution in [2.45, 2.75) is 61.9 Å². The van der Waals surface area contributed by atoms with Crippen LogP contribution < -0.4 is 20.7 Å². The van der Waals surface area contributed by atoms with E-state index in [1.165, 1.54) is 19.0 Å². The highest BCUT2D eigenvalue weighted by Crippen LogP contribution is 2.53. The smallest absolute Gasteiger partial charge is 0.235 e. The second-order valence-corrected chi connectivity index (χ2v) is 15.1. The molecule has 2 unspecified atom stereocenters. The van der Waals surface area contributed by atoms with Gasteiger partial charge in [-0.3, -0.25) is 28.9 Å². The third kappa shape index (κ3) is 6.06. The third-order valence-corrected chi connectivity index (χ3v) is 11.6. The second-order valence-electron chi connectivity index (χ2n) is 15.1. The molecule has 3 saturated carbocycles. The van der Waals surface area contributed by atoms with E-state index >= 15 is 0 Å². The number of hydrogen-bond donors (Lipinski definition) is 8. The van der Waals surface area contributed by atoms with Gasteiger partial charge in [0, 0.05) is 50.3 Å². The largest absolute Gasteiger partial charge is 0.505 e. The fourth-order valence-electron chi connectivity index (χ4n) is 8.88. The van der Waals surface area contributed by atoms with Crippen molar-refractivity contribution in [3.8, 4) is 11.5 Å². The minimum absolute atomic E-state index is 0.0242. The summed E-state index contributed by atoms with van der Waals surface area (Å²) in [4.78, 5) is 71.1. The van der Waals surface area contributed by atoms with Gasteiger partial charge in [0.15, 0.2) is 34.7 Å². The van der Waals surface area contributed by atoms with Crippen molar-refractivity contribution in [3.05, 3.63) is 47.0 Å². The number of primary amides is 1. The molecule has 2 aromatic rings. The van der Waals surface area contributed by atoms with Gasteiger partial charge < -0.3 is 51.3 Å². The molecule has 0 spiro atoms. The summed E-state index contributed by atoms with van der Waals surface area (Å²) in [5, 5.41) is 67.5. The zero-order valence-corrected chi connectivity index (χ0v) is 29.8. The standard InChI is InChI=1S/C37H46N4O12/c1-40(2)21-12-20(39-13-15-7-5-6-8-22(15)53-23-11-17(14-42)28(43)33(48)30(23)45)29(44)25-18(21)9-16-10-19-27(41(3)4)32(47)26(36(38)51)35(50)37(19,52)34(49)24(16)31(25)46/h5-8,12,16-17,19,23-24,26-28,30,33,39,42-45,48,52H,9-11,13-14H2,1-4H3,(H2,38,51)/t16-,17+,19-,23+,24?,26?,27+,28+,30-,33-,37-/m0/s1. The van der Waals surface area contributed by atoms with Crippen molar-refractivity contribution < 1.29 is 59.3 Å². The van der Waals surface area contributed by atoms with Crippen molar-refractivity contribution >= 4 is 40.4 Å². The molecule has 0 radical (unpaired) electrons. The SMILES string of the molecule is CN(C)c1cc(NCc2ccccc2O[C@@H]2C[C@H](CO)[C@@H](O)[C@H](O)[C@H]2O)c(O)c2c1C[C@H]1C[C@H]3[C@@H](N(C)C)C(=O)C(C(N)=O)C(=O)[C@@]3(O)C(=O)C1C2=O. The normalized spacial score (nSPS) is 33.9. The van der Waals surface area contributed by atoms with Gasteiger partial charge in [0.05, 0.1) is 29.3 Å². The average Bonchev–Trinajstić information content (AvgIpc) is 3.09. The Morgan fingerprint density at radius 3 is 2.30 bits per heavy atom. The third-order valence-electron chi connectivity index (χ3n) is 11.6. The van der Waals surface area contributed by atoms with Gasteiger partial charge in [-0.05, 0) is 57.0 Å². The molecule has 0 heterocycles. The molecule has 1 amide bonds. The van der Waals surface area contributed by atoms with Crippen LogP contribution in [-0.4, -0.2) is 135 Å². The number of para-hydroxylation sites is 1. The lowest BCUT2D eigenvalue weighted by molar-refractivity contribution is -0.181. The molecule has 0 saturated heterocycles. The van der Waals surface area contributed by atoms with Gasteiger partial charge in [-0.2, -0.15) is 0 Å². The Morgan fingerprint density at radius 1 is 1.00 bits per heavy atom. The number of rotatable bonds is 9. The molecule has 4 aliphatic carbocycles. The van der Waals surface area contributed by atoms with E-state index in [0.29, 0.717) is 22.6 Å². The number of hydrogen-bond acceptors (Lipinski definition) is 15. The number of aliphatic hydroxyl groups is 5. The molecule has 0 aromatic heterocycles. The minimum atomic E-state index is -2.84. The highest BCUT2D eigenvalue weighted by Gasteiger charge is 2.69. The molecule has 3 fully saturated rings. The van der Waals surface area contributed by atoms with Crippen LogP contribution in [0.1, 0.15) is 34.3 Å². The topological polar surface area (TPSA) is 260 Å². The first-order valence-electron chi connectivity index (χ1n) is 17.5. The van der Waals surface area contributed by atoms with Gasteiger partial charge in [-0.1, -0.05) is 18.2 Å². The molecule has 6 rings (SSSR count). The lowest BCUT2D eigenvalue weighted by atomic mass is 9.52. The maximum atomic E-state index is 14.4. The molecule has 16 nitrogen and oxygen atoms in total. The summed E-state index contributed by atoms with van der Waals surface area (Å²) in [6, 6.07) is 7.22. The number of nitrogens with one attached hydrogen (secondary N) is 1. The maximum Gasteiger partial charge on any atom is 0.235 e. The molecule has 4 aliphatic rings. The Bertz CT molecular complexity index is 1850. The van der Waals surface area contributed by atoms with Crippen LogP contribution in [0.5, 0.6) is 11.5 Å². The number of Topliss-reactive ketones (excluding diaryl/α,β-unsaturated/α-hetero) is 4. The summed E-state index contributed by atoms with van der Waals surface area (Å²) in [5.41, 5.74) is 4.07. The number of nitrogens with zero attached hydrogens (tertiary/aromatic N) is 2. The van der Waals surface area contributed by atoms with Gasteiger partial charge in [-0.25, -0.2) is 0 Å². The molecule has 0 aliphatic heterocycles. The van der Waals surface area contributed by atoms with Crippen LogP contribution in [0.25, 0.3) is 0 Å². The van der Waals surface area contributed by atoms with Crippen LogP contribution in [0, 0.1) is 29.6 Å². The van der Waals surface area contributed by atoms with Gasteiger partial charge in [0.25, 0.3) is 0 Å². The van der Waals surface area contributed by atoms with Crippen LogP contribution >= 0.6 is 0 Å². The van der Waals surface area contributed by atoms with E-state index in [4.69, 9.17) is 10.5 Å². The van der Waals surface area contributed by atoms with E-state index < -0.39 is 107 Å². The zero-order valence-electron chi connectivity index (χ0n) is 29.8. The van der Waals surface area contributed by atoms with E-state index in [9.17, 15) is 54.6 Å². The predicted molar refractivity (Wildman–Crippen MR) is 187 cm³/mol. The van der Waals surface area contributed by atoms with Crippen molar-refractivity contribution in [2.75, 3.05) is 45.0 Å². The Labute approximate surface area is 305 Å². The quantitative estimate of drug-likeness (QED) is 0.106. The zero-order chi connectivity index (χ0) is 38.8. The highest BCUT2D eigenvalue weighted by atomic mass is 16.5. The van der Waals surface area contributed by atoms with Gasteiger partial charge in [-0.15, -0.1) is 0 Å². The molecule has 9 N–H and O–H groups in total. The number of phenols is 1. The number of aliphatic hydroxyl groups excluding tert-OH is 4. The van der Waals surface area contributed by atoms with Crippen molar-refractivity contribution in [1.29, 1.82) is 0 Å². The number of ether oxygens (including phenoxy) is 1. The number of nitrogens with two attached hydrogens (primary N) is 1. The van der Waals surface area contributed by atoms with Crippen LogP contribution in [0.2, 0.25) is 0 Å². The van der Waals surface area contributed by atoms with Crippen LogP contribution in [-0.2, 0) is 32.1 Å². The number of carbonyl (C=O) groups is 5. The summed E-state index contributed by atoms with van der Waals surface area (Å²) in [6.45, 7) is -0.400. The molecule has 16 heteroatoms. The summed E-state index contributed by atoms with van der Waals surface area (Å²) < 4.78 is 6.08. The predicted octanol–water partition coefficient (Wildman–Crippen LogP) is -1.61. The Morgan fingerprint density at radius 2 is 1.68 bits per heavy atom. The molecular formula is C37H46N4O12.